The Kier molecular flexibility index (Phi) is 3.91. The topological polar surface area (TPSA) is 46.6 Å². The van der Waals surface area contributed by atoms with Crippen molar-refractivity contribution in [1.82, 2.24) is 4.90 Å². The maximum absolute atomic E-state index is 12.6. The third-order valence-electron chi connectivity index (χ3n) is 3.03. The minimum absolute atomic E-state index is 0.274. The number of hydrogen-bond acceptors (Lipinski definition) is 3. The molecule has 1 fully saturated rings. The van der Waals surface area contributed by atoms with E-state index in [4.69, 9.17) is 0 Å². The lowest BCUT2D eigenvalue weighted by Gasteiger charge is -2.32. The molecule has 104 valence electrons. The standard InChI is InChI=1S/C10H13F3INO3/c1-8(2,10(11,12)13)18-7(17)15(3)9(4-5-9)6(14)16/h4-5H2,1-3H3. The fourth-order valence-corrected chi connectivity index (χ4v) is 2.20. The summed E-state index contributed by atoms with van der Waals surface area (Å²) in [6.45, 7) is 1.54. The number of rotatable bonds is 3. The van der Waals surface area contributed by atoms with Gasteiger partial charge < -0.3 is 4.74 Å². The Balaban J connectivity index is 2.76. The average Bonchev–Trinajstić information content (AvgIpc) is 2.94. The van der Waals surface area contributed by atoms with Gasteiger partial charge in [0.05, 0.1) is 0 Å². The molecule has 0 heterocycles. The Hall–Kier alpha value is -0.540. The molecule has 4 nitrogen and oxygen atoms in total. The van der Waals surface area contributed by atoms with E-state index < -0.39 is 23.4 Å². The molecule has 0 spiro atoms. The number of carbonyl (C=O) groups excluding carboxylic acids is 2. The fraction of sp³-hybridized carbons (Fsp3) is 0.800. The van der Waals surface area contributed by atoms with E-state index in [1.165, 1.54) is 29.6 Å². The third kappa shape index (κ3) is 2.72. The predicted molar refractivity (Wildman–Crippen MR) is 65.4 cm³/mol. The largest absolute Gasteiger partial charge is 0.434 e. The summed E-state index contributed by atoms with van der Waals surface area (Å²) in [6.07, 6.45) is -4.89. The van der Waals surface area contributed by atoms with Crippen LogP contribution in [0, 0.1) is 0 Å². The van der Waals surface area contributed by atoms with E-state index in [1.54, 1.807) is 0 Å². The van der Waals surface area contributed by atoms with Crippen molar-refractivity contribution in [2.75, 3.05) is 7.05 Å². The molecule has 1 saturated carbocycles. The highest BCUT2D eigenvalue weighted by Crippen LogP contribution is 2.44. The minimum atomic E-state index is -4.66. The van der Waals surface area contributed by atoms with Gasteiger partial charge in [-0.25, -0.2) is 4.79 Å². The Labute approximate surface area is 116 Å². The van der Waals surface area contributed by atoms with Crippen LogP contribution >= 0.6 is 22.6 Å². The highest BCUT2D eigenvalue weighted by Gasteiger charge is 2.57. The van der Waals surface area contributed by atoms with Gasteiger partial charge in [0.25, 0.3) is 0 Å². The maximum Gasteiger partial charge on any atom is 0.427 e. The lowest BCUT2D eigenvalue weighted by atomic mass is 10.1. The molecule has 1 rings (SSSR count). The summed E-state index contributed by atoms with van der Waals surface area (Å²) >= 11 is 1.54. The molecule has 0 bridgehead atoms. The van der Waals surface area contributed by atoms with Crippen molar-refractivity contribution in [2.24, 2.45) is 0 Å². The van der Waals surface area contributed by atoms with Crippen LogP contribution in [0.5, 0.6) is 0 Å². The molecular weight excluding hydrogens is 366 g/mol. The first-order valence-corrected chi connectivity index (χ1v) is 6.25. The molecule has 0 aromatic heterocycles. The second-order valence-electron chi connectivity index (χ2n) is 4.74. The summed E-state index contributed by atoms with van der Waals surface area (Å²) in [4.78, 5) is 23.9. The van der Waals surface area contributed by atoms with Gasteiger partial charge in [0.1, 0.15) is 5.54 Å². The summed E-state index contributed by atoms with van der Waals surface area (Å²) in [5.41, 5.74) is -3.57. The first-order chi connectivity index (χ1) is 7.94. The van der Waals surface area contributed by atoms with Gasteiger partial charge in [-0.05, 0) is 26.7 Å². The number of nitrogens with zero attached hydrogens (tertiary/aromatic N) is 1. The molecule has 0 N–H and O–H groups in total. The van der Waals surface area contributed by atoms with Crippen molar-refractivity contribution in [2.45, 2.75) is 44.0 Å². The molecule has 18 heavy (non-hydrogen) atoms. The van der Waals surface area contributed by atoms with Crippen LogP contribution in [0.15, 0.2) is 0 Å². The van der Waals surface area contributed by atoms with Crippen molar-refractivity contribution in [3.8, 4) is 0 Å². The Morgan fingerprint density at radius 3 is 2.00 bits per heavy atom. The number of ether oxygens (including phenoxy) is 1. The smallest absolute Gasteiger partial charge is 0.427 e. The minimum Gasteiger partial charge on any atom is -0.434 e. The zero-order chi connectivity index (χ0) is 14.4. The zero-order valence-corrected chi connectivity index (χ0v) is 12.3. The molecule has 0 unspecified atom stereocenters. The highest BCUT2D eigenvalue weighted by molar-refractivity contribution is 14.1. The third-order valence-corrected chi connectivity index (χ3v) is 4.03. The van der Waals surface area contributed by atoms with E-state index in [1.807, 2.05) is 0 Å². The van der Waals surface area contributed by atoms with Gasteiger partial charge in [-0.1, -0.05) is 0 Å². The number of carbonyl (C=O) groups is 2. The number of hydrogen-bond donors (Lipinski definition) is 0. The summed E-state index contributed by atoms with van der Waals surface area (Å²) in [7, 11) is 1.28. The van der Waals surface area contributed by atoms with Gasteiger partial charge in [-0.3, -0.25) is 9.69 Å². The number of alkyl halides is 3. The molecule has 0 radical (unpaired) electrons. The monoisotopic (exact) mass is 379 g/mol. The van der Waals surface area contributed by atoms with Crippen LogP contribution in [0.3, 0.4) is 0 Å². The molecule has 0 atom stereocenters. The number of amides is 1. The van der Waals surface area contributed by atoms with Gasteiger partial charge in [0.2, 0.25) is 9.39 Å². The van der Waals surface area contributed by atoms with E-state index in [9.17, 15) is 22.8 Å². The van der Waals surface area contributed by atoms with E-state index in [0.717, 1.165) is 18.7 Å². The van der Waals surface area contributed by atoms with Crippen molar-refractivity contribution in [1.29, 1.82) is 0 Å². The fourth-order valence-electron chi connectivity index (χ4n) is 1.30. The van der Waals surface area contributed by atoms with Crippen molar-refractivity contribution < 1.29 is 27.5 Å². The second-order valence-corrected chi connectivity index (χ2v) is 5.72. The van der Waals surface area contributed by atoms with E-state index in [0.29, 0.717) is 12.8 Å². The lowest BCUT2D eigenvalue weighted by Crippen LogP contribution is -2.50. The van der Waals surface area contributed by atoms with Gasteiger partial charge >= 0.3 is 12.3 Å². The molecular formula is C10H13F3INO3. The molecule has 0 saturated heterocycles. The van der Waals surface area contributed by atoms with Gasteiger partial charge in [-0.2, -0.15) is 13.2 Å². The van der Waals surface area contributed by atoms with Crippen LogP contribution in [-0.2, 0) is 9.53 Å². The predicted octanol–water partition coefficient (Wildman–Crippen LogP) is 2.89. The normalized spacial score (nSPS) is 18.2. The van der Waals surface area contributed by atoms with Crippen LogP contribution in [0.1, 0.15) is 26.7 Å². The number of halogens is 4. The van der Waals surface area contributed by atoms with Gasteiger partial charge in [0.15, 0.2) is 0 Å². The van der Waals surface area contributed by atoms with Crippen LogP contribution in [0.2, 0.25) is 0 Å². The molecule has 1 amide bonds. The maximum atomic E-state index is 12.6. The average molecular weight is 379 g/mol. The SMILES string of the molecule is CN(C(=O)OC(C)(C)C(F)(F)F)C1(C(=O)I)CC1. The van der Waals surface area contributed by atoms with Crippen LogP contribution in [0.25, 0.3) is 0 Å². The van der Waals surface area contributed by atoms with Crippen LogP contribution in [-0.4, -0.2) is 39.1 Å². The summed E-state index contributed by atoms with van der Waals surface area (Å²) in [6, 6.07) is 0. The van der Waals surface area contributed by atoms with E-state index in [-0.39, 0.29) is 3.79 Å². The molecule has 1 aliphatic rings. The highest BCUT2D eigenvalue weighted by atomic mass is 127. The van der Waals surface area contributed by atoms with Crippen molar-refractivity contribution >= 4 is 32.5 Å². The summed E-state index contributed by atoms with van der Waals surface area (Å²) < 4.78 is 41.9. The first kappa shape index (κ1) is 15.5. The first-order valence-electron chi connectivity index (χ1n) is 5.17. The summed E-state index contributed by atoms with van der Waals surface area (Å²) in [5.74, 6) is 0. The van der Waals surface area contributed by atoms with Crippen molar-refractivity contribution in [3.05, 3.63) is 0 Å². The second kappa shape index (κ2) is 4.53. The van der Waals surface area contributed by atoms with Gasteiger partial charge in [-0.15, -0.1) is 0 Å². The lowest BCUT2D eigenvalue weighted by molar-refractivity contribution is -0.246. The summed E-state index contributed by atoms with van der Waals surface area (Å²) in [5, 5.41) is 0. The van der Waals surface area contributed by atoms with Crippen LogP contribution in [0.4, 0.5) is 18.0 Å². The molecule has 0 aliphatic heterocycles. The molecule has 0 aromatic carbocycles. The number of likely N-dealkylation sites (N-methyl/N-ethyl adjacent to an activating group) is 1. The van der Waals surface area contributed by atoms with E-state index >= 15 is 0 Å². The molecule has 0 aromatic rings. The molecule has 8 heteroatoms. The Morgan fingerprint density at radius 2 is 1.72 bits per heavy atom. The Bertz CT molecular complexity index is 377. The Morgan fingerprint density at radius 1 is 1.28 bits per heavy atom. The van der Waals surface area contributed by atoms with Gasteiger partial charge in [0, 0.05) is 29.6 Å². The van der Waals surface area contributed by atoms with E-state index in [2.05, 4.69) is 4.74 Å². The quantitative estimate of drug-likeness (QED) is 0.560. The van der Waals surface area contributed by atoms with Crippen molar-refractivity contribution in [3.63, 3.8) is 0 Å². The van der Waals surface area contributed by atoms with Crippen LogP contribution < -0.4 is 0 Å². The molecule has 1 aliphatic carbocycles. The zero-order valence-electron chi connectivity index (χ0n) is 10.1.